The molecule has 0 amide bonds. The summed E-state index contributed by atoms with van der Waals surface area (Å²) in [6.45, 7) is 2.07. The van der Waals surface area contributed by atoms with Crippen LogP contribution in [0.25, 0.3) is 16.8 Å². The Labute approximate surface area is 183 Å². The number of ether oxygens (including phenoxy) is 1. The van der Waals surface area contributed by atoms with Gasteiger partial charge in [0.1, 0.15) is 5.75 Å². The summed E-state index contributed by atoms with van der Waals surface area (Å²) < 4.78 is 6.69. The van der Waals surface area contributed by atoms with Crippen LogP contribution in [0.2, 0.25) is 0 Å². The Morgan fingerprint density at radius 2 is 1.45 bits per heavy atom. The third-order valence-electron chi connectivity index (χ3n) is 6.89. The van der Waals surface area contributed by atoms with Gasteiger partial charge < -0.3 is 15.1 Å². The minimum atomic E-state index is -0.312. The Morgan fingerprint density at radius 3 is 2.23 bits per heavy atom. The number of benzene rings is 3. The second-order valence-corrected chi connectivity index (χ2v) is 8.84. The third kappa shape index (κ3) is 3.14. The zero-order valence-corrected chi connectivity index (χ0v) is 17.8. The van der Waals surface area contributed by atoms with Crippen molar-refractivity contribution in [3.63, 3.8) is 0 Å². The van der Waals surface area contributed by atoms with Crippen molar-refractivity contribution in [3.05, 3.63) is 96.1 Å². The minimum absolute atomic E-state index is 0.178. The number of rotatable bonds is 2. The molecule has 4 nitrogen and oxygen atoms in total. The van der Waals surface area contributed by atoms with Crippen LogP contribution in [0.3, 0.4) is 0 Å². The van der Waals surface area contributed by atoms with Crippen molar-refractivity contribution in [2.75, 3.05) is 20.1 Å². The fourth-order valence-electron chi connectivity index (χ4n) is 5.07. The Hall–Kier alpha value is -3.08. The van der Waals surface area contributed by atoms with Gasteiger partial charge in [0.15, 0.2) is 5.72 Å². The van der Waals surface area contributed by atoms with E-state index in [4.69, 9.17) is 4.74 Å². The highest BCUT2D eigenvalue weighted by Gasteiger charge is 2.51. The lowest BCUT2D eigenvalue weighted by Crippen LogP contribution is -2.63. The fourth-order valence-corrected chi connectivity index (χ4v) is 5.07. The van der Waals surface area contributed by atoms with Gasteiger partial charge in [0.25, 0.3) is 0 Å². The molecule has 0 aromatic heterocycles. The van der Waals surface area contributed by atoms with Gasteiger partial charge in [-0.05, 0) is 35.9 Å². The van der Waals surface area contributed by atoms with Crippen LogP contribution >= 0.6 is 0 Å². The normalized spacial score (nSPS) is 22.2. The van der Waals surface area contributed by atoms with Gasteiger partial charge in [-0.15, -0.1) is 0 Å². The molecular weight excluding hydrogens is 382 g/mol. The Balaban J connectivity index is 1.35. The number of nitrogens with zero attached hydrogens (tertiary/aromatic N) is 2. The van der Waals surface area contributed by atoms with Crippen LogP contribution in [0.5, 0.6) is 5.75 Å². The molecule has 0 unspecified atom stereocenters. The number of hydrazine groups is 1. The van der Waals surface area contributed by atoms with E-state index in [1.807, 2.05) is 0 Å². The third-order valence-corrected chi connectivity index (χ3v) is 6.89. The van der Waals surface area contributed by atoms with E-state index in [-0.39, 0.29) is 11.8 Å². The topological polar surface area (TPSA) is 27.7 Å². The van der Waals surface area contributed by atoms with Gasteiger partial charge in [-0.3, -0.25) is 0 Å². The standard InChI is InChI=1S/C27H27N3O/c1-29-17-15-27(16-18-29)30-25(23-9-5-6-10-26(23)31-27)19-24(28-30)22-13-11-21(12-14-22)20-7-3-2-4-8-20/h2-14,19,25,28H,15-18H2,1H3/t25-/m0/s1. The lowest BCUT2D eigenvalue weighted by Gasteiger charge is -2.51. The molecule has 3 aliphatic rings. The molecule has 1 N–H and O–H groups in total. The smallest absolute Gasteiger partial charge is 0.182 e. The number of likely N-dealkylation sites (tertiary alicyclic amines) is 1. The van der Waals surface area contributed by atoms with Gasteiger partial charge in [0.05, 0.1) is 11.7 Å². The molecular formula is C27H27N3O. The van der Waals surface area contributed by atoms with Crippen LogP contribution in [-0.2, 0) is 0 Å². The highest BCUT2D eigenvalue weighted by Crippen LogP contribution is 2.48. The van der Waals surface area contributed by atoms with E-state index in [1.54, 1.807) is 0 Å². The number of nitrogens with one attached hydrogen (secondary N) is 1. The highest BCUT2D eigenvalue weighted by atomic mass is 16.5. The van der Waals surface area contributed by atoms with E-state index in [0.29, 0.717) is 0 Å². The van der Waals surface area contributed by atoms with Crippen LogP contribution in [0.1, 0.15) is 30.0 Å². The number of fused-ring (bicyclic) bond motifs is 4. The summed E-state index contributed by atoms with van der Waals surface area (Å²) in [5.74, 6) is 1.02. The molecule has 0 saturated carbocycles. The molecule has 4 heteroatoms. The second kappa shape index (κ2) is 7.26. The minimum Gasteiger partial charge on any atom is -0.470 e. The van der Waals surface area contributed by atoms with Gasteiger partial charge in [-0.1, -0.05) is 72.8 Å². The van der Waals surface area contributed by atoms with Crippen LogP contribution in [0, 0.1) is 0 Å². The highest BCUT2D eigenvalue weighted by molar-refractivity contribution is 5.71. The molecule has 3 aromatic carbocycles. The molecule has 0 aliphatic carbocycles. The first-order valence-electron chi connectivity index (χ1n) is 11.1. The van der Waals surface area contributed by atoms with Gasteiger partial charge >= 0.3 is 0 Å². The largest absolute Gasteiger partial charge is 0.470 e. The molecule has 3 aromatic rings. The van der Waals surface area contributed by atoms with Crippen LogP contribution in [0.15, 0.2) is 84.9 Å². The molecule has 31 heavy (non-hydrogen) atoms. The van der Waals surface area contributed by atoms with E-state index < -0.39 is 0 Å². The molecule has 3 aliphatic heterocycles. The summed E-state index contributed by atoms with van der Waals surface area (Å²) >= 11 is 0. The van der Waals surface area contributed by atoms with E-state index in [9.17, 15) is 0 Å². The average Bonchev–Trinajstić information content (AvgIpc) is 3.29. The molecule has 1 fully saturated rings. The number of piperidine rings is 1. The predicted molar refractivity (Wildman–Crippen MR) is 124 cm³/mol. The Kier molecular flexibility index (Phi) is 4.37. The summed E-state index contributed by atoms with van der Waals surface area (Å²) in [7, 11) is 2.19. The van der Waals surface area contributed by atoms with Crippen molar-refractivity contribution >= 4 is 5.70 Å². The summed E-state index contributed by atoms with van der Waals surface area (Å²) in [6, 6.07) is 28.0. The van der Waals surface area contributed by atoms with E-state index in [2.05, 4.69) is 107 Å². The average molecular weight is 410 g/mol. The summed E-state index contributed by atoms with van der Waals surface area (Å²) in [5.41, 5.74) is 9.50. The molecule has 1 atom stereocenters. The zero-order chi connectivity index (χ0) is 20.8. The van der Waals surface area contributed by atoms with Crippen molar-refractivity contribution in [3.8, 4) is 16.9 Å². The Bertz CT molecular complexity index is 1110. The number of hydrogen-bond acceptors (Lipinski definition) is 4. The second-order valence-electron chi connectivity index (χ2n) is 8.84. The van der Waals surface area contributed by atoms with E-state index >= 15 is 0 Å². The van der Waals surface area contributed by atoms with Crippen LogP contribution in [0.4, 0.5) is 0 Å². The van der Waals surface area contributed by atoms with Crippen molar-refractivity contribution in [2.45, 2.75) is 24.6 Å². The Morgan fingerprint density at radius 1 is 0.806 bits per heavy atom. The molecule has 6 rings (SSSR count). The van der Waals surface area contributed by atoms with E-state index in [1.165, 1.54) is 22.3 Å². The van der Waals surface area contributed by atoms with Crippen molar-refractivity contribution in [2.24, 2.45) is 0 Å². The first kappa shape index (κ1) is 18.7. The lowest BCUT2D eigenvalue weighted by molar-refractivity contribution is -0.157. The molecule has 0 radical (unpaired) electrons. The summed E-state index contributed by atoms with van der Waals surface area (Å²) in [6.07, 6.45) is 4.32. The van der Waals surface area contributed by atoms with Crippen LogP contribution in [-0.4, -0.2) is 35.8 Å². The van der Waals surface area contributed by atoms with Gasteiger partial charge in [-0.25, -0.2) is 0 Å². The predicted octanol–water partition coefficient (Wildman–Crippen LogP) is 5.07. The fraction of sp³-hybridized carbons (Fsp3) is 0.259. The quantitative estimate of drug-likeness (QED) is 0.640. The molecule has 3 heterocycles. The van der Waals surface area contributed by atoms with Crippen LogP contribution < -0.4 is 10.2 Å². The maximum Gasteiger partial charge on any atom is 0.182 e. The van der Waals surface area contributed by atoms with Gasteiger partial charge in [0, 0.05) is 31.5 Å². The number of hydrogen-bond donors (Lipinski definition) is 1. The summed E-state index contributed by atoms with van der Waals surface area (Å²) in [5, 5.41) is 2.36. The maximum atomic E-state index is 6.69. The maximum absolute atomic E-state index is 6.69. The lowest BCUT2D eigenvalue weighted by atomic mass is 9.93. The molecule has 0 bridgehead atoms. The molecule has 156 valence electrons. The number of para-hydroxylation sites is 1. The van der Waals surface area contributed by atoms with Gasteiger partial charge in [-0.2, -0.15) is 5.01 Å². The van der Waals surface area contributed by atoms with Gasteiger partial charge in [0.2, 0.25) is 0 Å². The van der Waals surface area contributed by atoms with Crippen molar-refractivity contribution in [1.82, 2.24) is 15.3 Å². The van der Waals surface area contributed by atoms with Crippen molar-refractivity contribution < 1.29 is 4.74 Å². The SMILES string of the molecule is CN1CCC2(CC1)Oc1ccccc1[C@@H]1C=C(c3ccc(-c4ccccc4)cc3)NN12. The first-order chi connectivity index (χ1) is 15.2. The first-order valence-corrected chi connectivity index (χ1v) is 11.1. The van der Waals surface area contributed by atoms with Crippen molar-refractivity contribution in [1.29, 1.82) is 0 Å². The van der Waals surface area contributed by atoms with E-state index in [0.717, 1.165) is 37.4 Å². The molecule has 1 saturated heterocycles. The summed E-state index contributed by atoms with van der Waals surface area (Å²) in [4.78, 5) is 2.39. The molecule has 1 spiro atoms. The zero-order valence-electron chi connectivity index (χ0n) is 17.8. The monoisotopic (exact) mass is 409 g/mol.